The number of nitrogens with one attached hydrogen (secondary N) is 2. The van der Waals surface area contributed by atoms with E-state index in [1.165, 1.54) is 0 Å². The van der Waals surface area contributed by atoms with E-state index in [-0.39, 0.29) is 18.9 Å². The highest BCUT2D eigenvalue weighted by molar-refractivity contribution is 6.22. The molecule has 3 rings (SSSR count). The molecule has 0 spiro atoms. The fraction of sp³-hybridized carbons (Fsp3) is 0.400. The van der Waals surface area contributed by atoms with Gasteiger partial charge in [0, 0.05) is 6.07 Å². The lowest BCUT2D eigenvalue weighted by molar-refractivity contribution is -0.121. The number of benzene rings is 1. The molecule has 1 aromatic carbocycles. The molecule has 24 heavy (non-hydrogen) atoms. The molecule has 1 atom stereocenters. The van der Waals surface area contributed by atoms with Crippen LogP contribution in [0.5, 0.6) is 11.5 Å². The highest BCUT2D eigenvalue weighted by atomic mass is 16.6. The van der Waals surface area contributed by atoms with Crippen molar-refractivity contribution in [3.8, 4) is 11.5 Å². The van der Waals surface area contributed by atoms with Gasteiger partial charge in [-0.2, -0.15) is 0 Å². The average molecular weight is 335 g/mol. The summed E-state index contributed by atoms with van der Waals surface area (Å²) in [6, 6.07) is 4.01. The second-order valence-corrected chi connectivity index (χ2v) is 5.14. The smallest absolute Gasteiger partial charge is 0.421 e. The zero-order valence-corrected chi connectivity index (χ0v) is 13.0. The number of ether oxygens (including phenoxy) is 3. The predicted octanol–water partition coefficient (Wildman–Crippen LogP) is 0.340. The van der Waals surface area contributed by atoms with Crippen LogP contribution in [-0.2, 0) is 14.3 Å². The molecule has 0 radical (unpaired) electrons. The minimum atomic E-state index is -0.852. The van der Waals surface area contributed by atoms with E-state index < -0.39 is 18.0 Å². The monoisotopic (exact) mass is 335 g/mol. The maximum atomic E-state index is 12.4. The van der Waals surface area contributed by atoms with Crippen LogP contribution in [0, 0.1) is 0 Å². The van der Waals surface area contributed by atoms with Gasteiger partial charge in [0.1, 0.15) is 19.3 Å². The van der Waals surface area contributed by atoms with Crippen molar-refractivity contribution in [3.63, 3.8) is 0 Å². The van der Waals surface area contributed by atoms with Crippen molar-refractivity contribution >= 4 is 23.6 Å². The lowest BCUT2D eigenvalue weighted by Gasteiger charge is -2.21. The van der Waals surface area contributed by atoms with Gasteiger partial charge < -0.3 is 14.2 Å². The number of amides is 3. The zero-order chi connectivity index (χ0) is 17.1. The first-order valence-electron chi connectivity index (χ1n) is 7.55. The van der Waals surface area contributed by atoms with Crippen molar-refractivity contribution < 1.29 is 28.6 Å². The van der Waals surface area contributed by atoms with E-state index in [9.17, 15) is 14.4 Å². The molecule has 9 nitrogen and oxygen atoms in total. The number of carbonyl (C=O) groups is 3. The largest absolute Gasteiger partial charge is 0.486 e. The molecule has 2 N–H and O–H groups in total. The molecule has 1 saturated heterocycles. The number of hydrazine groups is 1. The normalized spacial score (nSPS) is 19.4. The van der Waals surface area contributed by atoms with Gasteiger partial charge >= 0.3 is 6.09 Å². The summed E-state index contributed by atoms with van der Waals surface area (Å²) in [6.45, 7) is 2.73. The molecule has 0 bridgehead atoms. The van der Waals surface area contributed by atoms with Crippen molar-refractivity contribution in [3.05, 3.63) is 18.2 Å². The molecule has 128 valence electrons. The molecule has 0 aromatic heterocycles. The summed E-state index contributed by atoms with van der Waals surface area (Å²) < 4.78 is 15.6. The molecule has 0 aliphatic carbocycles. The van der Waals surface area contributed by atoms with E-state index in [0.29, 0.717) is 30.4 Å². The Balaban J connectivity index is 1.71. The highest BCUT2D eigenvalue weighted by Crippen LogP contribution is 2.35. The van der Waals surface area contributed by atoms with Gasteiger partial charge in [0.25, 0.3) is 5.91 Å². The Kier molecular flexibility index (Phi) is 4.52. The van der Waals surface area contributed by atoms with Crippen LogP contribution in [-0.4, -0.2) is 43.8 Å². The van der Waals surface area contributed by atoms with E-state index >= 15 is 0 Å². The van der Waals surface area contributed by atoms with E-state index in [4.69, 9.17) is 9.47 Å². The predicted molar refractivity (Wildman–Crippen MR) is 81.6 cm³/mol. The molecule has 1 aromatic rings. The summed E-state index contributed by atoms with van der Waals surface area (Å²) in [4.78, 5) is 36.9. The van der Waals surface area contributed by atoms with Gasteiger partial charge in [0.15, 0.2) is 11.5 Å². The molecule has 9 heteroatoms. The number of hydrogen-bond acceptors (Lipinski definition) is 7. The van der Waals surface area contributed by atoms with E-state index in [2.05, 4.69) is 15.6 Å². The number of fused-ring (bicyclic) bond motifs is 1. The van der Waals surface area contributed by atoms with Gasteiger partial charge in [-0.05, 0) is 19.1 Å². The van der Waals surface area contributed by atoms with Crippen LogP contribution < -0.4 is 25.2 Å². The number of nitrogens with zero attached hydrogens (tertiary/aromatic N) is 1. The highest BCUT2D eigenvalue weighted by Gasteiger charge is 2.40. The van der Waals surface area contributed by atoms with Gasteiger partial charge in [-0.1, -0.05) is 0 Å². The molecule has 0 unspecified atom stereocenters. The van der Waals surface area contributed by atoms with E-state index in [1.54, 1.807) is 25.1 Å². The third-order valence-electron chi connectivity index (χ3n) is 3.55. The number of rotatable bonds is 4. The van der Waals surface area contributed by atoms with Crippen molar-refractivity contribution in [1.82, 2.24) is 10.9 Å². The Morgan fingerprint density at radius 3 is 2.79 bits per heavy atom. The minimum absolute atomic E-state index is 0.0698. The second kappa shape index (κ2) is 6.75. The van der Waals surface area contributed by atoms with Gasteiger partial charge in [-0.25, -0.2) is 15.1 Å². The summed E-state index contributed by atoms with van der Waals surface area (Å²) in [7, 11) is 0. The maximum Gasteiger partial charge on any atom is 0.421 e. The number of hydrogen-bond donors (Lipinski definition) is 2. The number of carbonyl (C=O) groups excluding carboxylic acids is 3. The summed E-state index contributed by atoms with van der Waals surface area (Å²) in [5.41, 5.74) is 5.16. The van der Waals surface area contributed by atoms with Crippen molar-refractivity contribution in [2.75, 3.05) is 24.7 Å². The van der Waals surface area contributed by atoms with Crippen molar-refractivity contribution in [2.45, 2.75) is 19.4 Å². The summed E-state index contributed by atoms with van der Waals surface area (Å²) in [5.74, 6) is 0.219. The molecule has 3 amide bonds. The van der Waals surface area contributed by atoms with Crippen LogP contribution in [0.25, 0.3) is 0 Å². The van der Waals surface area contributed by atoms with E-state index in [1.807, 2.05) is 0 Å². The fourth-order valence-electron chi connectivity index (χ4n) is 2.50. The fourth-order valence-corrected chi connectivity index (χ4v) is 2.50. The Morgan fingerprint density at radius 1 is 1.29 bits per heavy atom. The van der Waals surface area contributed by atoms with Gasteiger partial charge in [0.2, 0.25) is 5.91 Å². The molecular formula is C15H17N3O6. The number of anilines is 1. The Labute approximate surface area is 137 Å². The second-order valence-electron chi connectivity index (χ2n) is 5.14. The van der Waals surface area contributed by atoms with Crippen LogP contribution in [0.4, 0.5) is 10.5 Å². The molecule has 0 saturated carbocycles. The Morgan fingerprint density at radius 2 is 2.04 bits per heavy atom. The molecular weight excluding hydrogens is 318 g/mol. The Hall–Kier alpha value is -2.81. The summed E-state index contributed by atoms with van der Waals surface area (Å²) >= 11 is 0. The standard InChI is InChI=1S/C15H17N3O6/c1-2-22-15(21)17-16-10-8-13(19)18(14(10)20)9-3-4-11-12(7-9)24-6-5-23-11/h3-4,7,10,16H,2,5-6,8H2,1H3,(H,17,21)/t10-/m0/s1. The van der Waals surface area contributed by atoms with Crippen molar-refractivity contribution in [1.29, 1.82) is 0 Å². The van der Waals surface area contributed by atoms with Crippen LogP contribution in [0.15, 0.2) is 18.2 Å². The van der Waals surface area contributed by atoms with Crippen LogP contribution in [0.2, 0.25) is 0 Å². The first-order chi connectivity index (χ1) is 11.6. The first kappa shape index (κ1) is 16.1. The average Bonchev–Trinajstić information content (AvgIpc) is 2.86. The molecule has 2 aliphatic rings. The maximum absolute atomic E-state index is 12.4. The molecule has 2 aliphatic heterocycles. The van der Waals surface area contributed by atoms with Crippen molar-refractivity contribution in [2.24, 2.45) is 0 Å². The SMILES string of the molecule is CCOC(=O)NN[C@H]1CC(=O)N(c2ccc3c(c2)OCCO3)C1=O. The lowest BCUT2D eigenvalue weighted by Crippen LogP contribution is -2.48. The third-order valence-corrected chi connectivity index (χ3v) is 3.55. The summed E-state index contributed by atoms with van der Waals surface area (Å²) in [6.07, 6.45) is -0.782. The quantitative estimate of drug-likeness (QED) is 0.604. The van der Waals surface area contributed by atoms with Crippen LogP contribution in [0.1, 0.15) is 13.3 Å². The third kappa shape index (κ3) is 3.11. The van der Waals surface area contributed by atoms with Gasteiger partial charge in [-0.15, -0.1) is 0 Å². The van der Waals surface area contributed by atoms with Gasteiger partial charge in [-0.3, -0.25) is 15.0 Å². The Bertz CT molecular complexity index is 677. The van der Waals surface area contributed by atoms with E-state index in [0.717, 1.165) is 4.90 Å². The summed E-state index contributed by atoms with van der Waals surface area (Å²) in [5, 5.41) is 0. The first-order valence-corrected chi connectivity index (χ1v) is 7.55. The topological polar surface area (TPSA) is 106 Å². The zero-order valence-electron chi connectivity index (χ0n) is 13.0. The molecule has 2 heterocycles. The van der Waals surface area contributed by atoms with Crippen LogP contribution in [0.3, 0.4) is 0 Å². The lowest BCUT2D eigenvalue weighted by atomic mass is 10.2. The van der Waals surface area contributed by atoms with Crippen LogP contribution >= 0.6 is 0 Å². The number of imide groups is 1. The molecule has 1 fully saturated rings. The van der Waals surface area contributed by atoms with Gasteiger partial charge in [0.05, 0.1) is 18.7 Å². The minimum Gasteiger partial charge on any atom is -0.486 e.